The summed E-state index contributed by atoms with van der Waals surface area (Å²) in [4.78, 5) is 0.937. The van der Waals surface area contributed by atoms with Gasteiger partial charge >= 0.3 is 0 Å². The molecule has 0 amide bonds. The maximum atomic E-state index is 12.2. The number of nitrogens with two attached hydrogens (primary N) is 1. The van der Waals surface area contributed by atoms with Crippen LogP contribution < -0.4 is 10.5 Å². The molecule has 0 saturated carbocycles. The van der Waals surface area contributed by atoms with Crippen molar-refractivity contribution >= 4 is 33.1 Å². The molecule has 1 atom stereocenters. The van der Waals surface area contributed by atoms with Crippen LogP contribution >= 0.6 is 23.1 Å². The predicted octanol–water partition coefficient (Wildman–Crippen LogP) is 2.08. The smallest absolute Gasteiger partial charge is 0.250 e. The molecule has 0 aromatic carbocycles. The minimum absolute atomic E-state index is 0.381. The van der Waals surface area contributed by atoms with E-state index in [1.54, 1.807) is 6.07 Å². The quantitative estimate of drug-likeness (QED) is 0.871. The molecule has 1 aliphatic rings. The Morgan fingerprint density at radius 2 is 2.26 bits per heavy atom. The van der Waals surface area contributed by atoms with Crippen LogP contribution in [-0.4, -0.2) is 26.0 Å². The first kappa shape index (κ1) is 15.3. The molecule has 108 valence electrons. The van der Waals surface area contributed by atoms with Gasteiger partial charge in [0, 0.05) is 23.2 Å². The lowest BCUT2D eigenvalue weighted by atomic mass is 10.2. The Kier molecular flexibility index (Phi) is 5.30. The van der Waals surface area contributed by atoms with E-state index < -0.39 is 10.0 Å². The Balaban J connectivity index is 2.00. The first-order chi connectivity index (χ1) is 9.03. The van der Waals surface area contributed by atoms with E-state index in [0.717, 1.165) is 22.6 Å². The summed E-state index contributed by atoms with van der Waals surface area (Å²) >= 11 is 3.14. The summed E-state index contributed by atoms with van der Waals surface area (Å²) in [7, 11) is -3.37. The van der Waals surface area contributed by atoms with Gasteiger partial charge in [-0.05, 0) is 37.1 Å². The molecule has 7 heteroatoms. The molecule has 19 heavy (non-hydrogen) atoms. The molecule has 3 N–H and O–H groups in total. The van der Waals surface area contributed by atoms with Crippen molar-refractivity contribution in [1.29, 1.82) is 0 Å². The first-order valence-electron chi connectivity index (χ1n) is 6.43. The van der Waals surface area contributed by atoms with E-state index in [1.807, 2.05) is 18.7 Å². The zero-order valence-electron chi connectivity index (χ0n) is 11.0. The van der Waals surface area contributed by atoms with Crippen molar-refractivity contribution in [1.82, 2.24) is 4.72 Å². The maximum absolute atomic E-state index is 12.2. The Hall–Kier alpha value is -0.0800. The fourth-order valence-electron chi connectivity index (χ4n) is 2.07. The van der Waals surface area contributed by atoms with Gasteiger partial charge in [0.05, 0.1) is 0 Å². The molecule has 1 unspecified atom stereocenters. The van der Waals surface area contributed by atoms with Gasteiger partial charge in [-0.3, -0.25) is 0 Å². The van der Waals surface area contributed by atoms with Crippen molar-refractivity contribution in [2.24, 2.45) is 5.73 Å². The van der Waals surface area contributed by atoms with Gasteiger partial charge < -0.3 is 5.73 Å². The number of nitrogens with one attached hydrogen (secondary N) is 1. The van der Waals surface area contributed by atoms with Gasteiger partial charge in [0.25, 0.3) is 0 Å². The highest BCUT2D eigenvalue weighted by atomic mass is 32.2. The van der Waals surface area contributed by atoms with E-state index in [1.165, 1.54) is 24.2 Å². The largest absolute Gasteiger partial charge is 0.326 e. The number of hydrogen-bond donors (Lipinski definition) is 2. The Morgan fingerprint density at radius 1 is 1.47 bits per heavy atom. The van der Waals surface area contributed by atoms with Crippen LogP contribution in [0, 0.1) is 6.92 Å². The van der Waals surface area contributed by atoms with Crippen molar-refractivity contribution in [2.45, 2.75) is 42.2 Å². The van der Waals surface area contributed by atoms with Crippen LogP contribution in [0.15, 0.2) is 10.3 Å². The van der Waals surface area contributed by atoms with E-state index in [0.29, 0.717) is 22.5 Å². The highest BCUT2D eigenvalue weighted by Crippen LogP contribution is 2.27. The summed E-state index contributed by atoms with van der Waals surface area (Å²) in [5, 5.41) is 0.415. The minimum atomic E-state index is -3.37. The molecule has 0 spiro atoms. The van der Waals surface area contributed by atoms with E-state index in [-0.39, 0.29) is 0 Å². The average Bonchev–Trinajstić information content (AvgIpc) is 2.80. The first-order valence-corrected chi connectivity index (χ1v) is 9.78. The second kappa shape index (κ2) is 6.58. The molecule has 1 aromatic rings. The highest BCUT2D eigenvalue weighted by Gasteiger charge is 2.21. The second-order valence-corrected chi connectivity index (χ2v) is 9.26. The third-order valence-electron chi connectivity index (χ3n) is 3.22. The molecule has 2 rings (SSSR count). The maximum Gasteiger partial charge on any atom is 0.250 e. The summed E-state index contributed by atoms with van der Waals surface area (Å²) < 4.78 is 27.5. The zero-order valence-corrected chi connectivity index (χ0v) is 13.5. The molecule has 0 aliphatic carbocycles. The monoisotopic (exact) mass is 320 g/mol. The minimum Gasteiger partial charge on any atom is -0.326 e. The summed E-state index contributed by atoms with van der Waals surface area (Å²) in [6, 6.07) is 1.71. The van der Waals surface area contributed by atoms with Crippen LogP contribution in [0.5, 0.6) is 0 Å². The van der Waals surface area contributed by atoms with Gasteiger partial charge in [0.1, 0.15) is 4.21 Å². The third kappa shape index (κ3) is 3.95. The molecular formula is C12H20N2O2S3. The number of rotatable bonds is 5. The molecule has 0 bridgehead atoms. The van der Waals surface area contributed by atoms with Crippen molar-refractivity contribution in [3.8, 4) is 0 Å². The molecule has 0 radical (unpaired) electrons. The molecule has 1 fully saturated rings. The lowest BCUT2D eigenvalue weighted by molar-refractivity contribution is 0.575. The van der Waals surface area contributed by atoms with Crippen LogP contribution in [0.4, 0.5) is 0 Å². The van der Waals surface area contributed by atoms with Crippen LogP contribution in [0.1, 0.15) is 29.7 Å². The van der Waals surface area contributed by atoms with Crippen molar-refractivity contribution in [3.63, 3.8) is 0 Å². The Bertz CT molecular complexity index is 519. The van der Waals surface area contributed by atoms with Crippen molar-refractivity contribution in [3.05, 3.63) is 16.5 Å². The fourth-order valence-corrected chi connectivity index (χ4v) is 6.00. The summed E-state index contributed by atoms with van der Waals surface area (Å²) in [5.41, 5.74) is 6.55. The molecule has 1 saturated heterocycles. The number of thiophene rings is 1. The standard InChI is InChI=1S/C12H20N2O2S3/c1-9-6-12(18-11(9)7-13)19(15,16)14-8-10-4-2-3-5-17-10/h6,10,14H,2-5,7-8,13H2,1H3. The topological polar surface area (TPSA) is 72.2 Å². The third-order valence-corrected chi connectivity index (χ3v) is 7.78. The Morgan fingerprint density at radius 3 is 2.84 bits per heavy atom. The molecular weight excluding hydrogens is 300 g/mol. The zero-order chi connectivity index (χ0) is 13.9. The molecule has 2 heterocycles. The molecule has 4 nitrogen and oxygen atoms in total. The van der Waals surface area contributed by atoms with Crippen LogP contribution in [0.2, 0.25) is 0 Å². The average molecular weight is 321 g/mol. The molecule has 1 aliphatic heterocycles. The van der Waals surface area contributed by atoms with E-state index in [4.69, 9.17) is 5.73 Å². The fraction of sp³-hybridized carbons (Fsp3) is 0.667. The van der Waals surface area contributed by atoms with Gasteiger partial charge in [-0.1, -0.05) is 6.42 Å². The number of sulfonamides is 1. The van der Waals surface area contributed by atoms with Gasteiger partial charge in [0.15, 0.2) is 0 Å². The van der Waals surface area contributed by atoms with Crippen molar-refractivity contribution in [2.75, 3.05) is 12.3 Å². The number of aryl methyl sites for hydroxylation is 1. The van der Waals surface area contributed by atoms with Crippen LogP contribution in [0.25, 0.3) is 0 Å². The second-order valence-electron chi connectivity index (χ2n) is 4.72. The lowest BCUT2D eigenvalue weighted by Gasteiger charge is -2.21. The summed E-state index contributed by atoms with van der Waals surface area (Å²) in [6.07, 6.45) is 3.55. The summed E-state index contributed by atoms with van der Waals surface area (Å²) in [6.45, 7) is 2.82. The summed E-state index contributed by atoms with van der Waals surface area (Å²) in [5.74, 6) is 1.14. The molecule has 1 aromatic heterocycles. The number of hydrogen-bond acceptors (Lipinski definition) is 5. The lowest BCUT2D eigenvalue weighted by Crippen LogP contribution is -2.31. The SMILES string of the molecule is Cc1cc(S(=O)(=O)NCC2CCCCS2)sc1CN. The van der Waals surface area contributed by atoms with Crippen LogP contribution in [-0.2, 0) is 16.6 Å². The van der Waals surface area contributed by atoms with E-state index >= 15 is 0 Å². The Labute approximate surface area is 123 Å². The van der Waals surface area contributed by atoms with Crippen molar-refractivity contribution < 1.29 is 8.42 Å². The van der Waals surface area contributed by atoms with E-state index in [2.05, 4.69) is 4.72 Å². The van der Waals surface area contributed by atoms with Gasteiger partial charge in [-0.25, -0.2) is 13.1 Å². The van der Waals surface area contributed by atoms with Gasteiger partial charge in [-0.2, -0.15) is 11.8 Å². The van der Waals surface area contributed by atoms with E-state index in [9.17, 15) is 8.42 Å². The highest BCUT2D eigenvalue weighted by molar-refractivity contribution is 8.00. The number of thioether (sulfide) groups is 1. The predicted molar refractivity (Wildman–Crippen MR) is 82.2 cm³/mol. The normalized spacial score (nSPS) is 20.6. The van der Waals surface area contributed by atoms with Gasteiger partial charge in [-0.15, -0.1) is 11.3 Å². The van der Waals surface area contributed by atoms with Crippen LogP contribution in [0.3, 0.4) is 0 Å². The van der Waals surface area contributed by atoms with Gasteiger partial charge in [0.2, 0.25) is 10.0 Å².